The number of benzene rings is 10. The van der Waals surface area contributed by atoms with Crippen LogP contribution in [0, 0.1) is 5.92 Å². The second-order valence-corrected chi connectivity index (χ2v) is 19.1. The standard InChI is InChI=1S/C59H38OS/c1-59(2)50-22-17-37(30-48(50)56-40-12-6-5-9-33(40)16-23-51(56)59)39-19-25-53-47(29-39)46-28-38(18-24-52(46)60-53)36-15-20-44-45(27-36)42-14-8-7-13-41(42)43-21-26-54-58(57(43)44)49-31-34-10-3-4-11-35(34)32-55(49)61-54/h3-32,48,50H,1-2H3. The van der Waals surface area contributed by atoms with Crippen LogP contribution >= 0.6 is 11.3 Å². The van der Waals surface area contributed by atoms with Crippen LogP contribution in [0.1, 0.15) is 36.5 Å². The highest BCUT2D eigenvalue weighted by Gasteiger charge is 2.45. The quantitative estimate of drug-likeness (QED) is 0.159. The Kier molecular flexibility index (Phi) is 6.68. The van der Waals surface area contributed by atoms with Crippen LogP contribution in [-0.4, -0.2) is 0 Å². The van der Waals surface area contributed by atoms with Gasteiger partial charge in [-0.2, -0.15) is 0 Å². The Balaban J connectivity index is 0.924. The Morgan fingerprint density at radius 1 is 0.459 bits per heavy atom. The van der Waals surface area contributed by atoms with E-state index in [1.807, 2.05) is 11.3 Å². The largest absolute Gasteiger partial charge is 0.456 e. The smallest absolute Gasteiger partial charge is 0.135 e. The van der Waals surface area contributed by atoms with E-state index in [1.165, 1.54) is 107 Å². The summed E-state index contributed by atoms with van der Waals surface area (Å²) in [4.78, 5) is 0. The van der Waals surface area contributed by atoms with E-state index in [9.17, 15) is 0 Å². The first-order valence-corrected chi connectivity index (χ1v) is 22.3. The van der Waals surface area contributed by atoms with E-state index in [-0.39, 0.29) is 5.41 Å². The van der Waals surface area contributed by atoms with Gasteiger partial charge < -0.3 is 4.42 Å². The van der Waals surface area contributed by atoms with Crippen LogP contribution in [0.4, 0.5) is 0 Å². The molecule has 2 aliphatic rings. The van der Waals surface area contributed by atoms with Crippen LogP contribution in [-0.2, 0) is 5.41 Å². The van der Waals surface area contributed by atoms with Crippen molar-refractivity contribution < 1.29 is 4.42 Å². The van der Waals surface area contributed by atoms with E-state index in [1.54, 1.807) is 0 Å². The van der Waals surface area contributed by atoms with Crippen molar-refractivity contribution in [2.45, 2.75) is 25.2 Å². The molecular formula is C59H38OS. The van der Waals surface area contributed by atoms with Gasteiger partial charge >= 0.3 is 0 Å². The Bertz CT molecular complexity index is 3980. The zero-order chi connectivity index (χ0) is 40.1. The van der Waals surface area contributed by atoms with Gasteiger partial charge in [0.15, 0.2) is 0 Å². The number of thiophene rings is 1. The molecule has 0 N–H and O–H groups in total. The third kappa shape index (κ3) is 4.66. The number of fused-ring (bicyclic) bond motifs is 19. The summed E-state index contributed by atoms with van der Waals surface area (Å²) < 4.78 is 9.18. The maximum Gasteiger partial charge on any atom is 0.135 e. The molecule has 0 radical (unpaired) electrons. The van der Waals surface area contributed by atoms with Crippen LogP contribution in [0.3, 0.4) is 0 Å². The summed E-state index contributed by atoms with van der Waals surface area (Å²) in [6.45, 7) is 4.84. The molecule has 2 aromatic heterocycles. The molecule has 0 aliphatic heterocycles. The highest BCUT2D eigenvalue weighted by Crippen LogP contribution is 2.56. The lowest BCUT2D eigenvalue weighted by Gasteiger charge is -2.30. The monoisotopic (exact) mass is 794 g/mol. The first-order valence-electron chi connectivity index (χ1n) is 21.5. The molecule has 0 saturated carbocycles. The van der Waals surface area contributed by atoms with E-state index in [0.717, 1.165) is 21.9 Å². The molecule has 1 nitrogen and oxygen atoms in total. The van der Waals surface area contributed by atoms with Gasteiger partial charge in [-0.1, -0.05) is 147 Å². The first-order chi connectivity index (χ1) is 30.0. The van der Waals surface area contributed by atoms with Gasteiger partial charge in [-0.3, -0.25) is 0 Å². The summed E-state index contributed by atoms with van der Waals surface area (Å²) in [5.74, 6) is 0.751. The zero-order valence-electron chi connectivity index (χ0n) is 33.8. The SMILES string of the molecule is CC1(C)c2ccc3ccccc3c2C2C=C(c3ccc4oc5ccc(-c6ccc7c(c6)c6ccccc6c6ccc8sc9cc%10ccccc%10cc9c8c67)cc5c4c3)C=CC21. The molecule has 14 rings (SSSR count). The van der Waals surface area contributed by atoms with Crippen molar-refractivity contribution in [3.63, 3.8) is 0 Å². The van der Waals surface area contributed by atoms with Crippen molar-refractivity contribution in [1.82, 2.24) is 0 Å². The fourth-order valence-corrected chi connectivity index (χ4v) is 12.7. The molecule has 2 unspecified atom stereocenters. The lowest BCUT2D eigenvalue weighted by Crippen LogP contribution is -2.25. The van der Waals surface area contributed by atoms with Gasteiger partial charge in [0, 0.05) is 36.9 Å². The molecule has 12 aromatic rings. The Hall–Kier alpha value is -7.00. The number of furan rings is 1. The van der Waals surface area contributed by atoms with Crippen molar-refractivity contribution >= 4 is 113 Å². The minimum atomic E-state index is 0.0612. The van der Waals surface area contributed by atoms with E-state index in [4.69, 9.17) is 4.42 Å². The summed E-state index contributed by atoms with van der Waals surface area (Å²) in [6.07, 6.45) is 7.38. The van der Waals surface area contributed by atoms with E-state index >= 15 is 0 Å². The predicted octanol–water partition coefficient (Wildman–Crippen LogP) is 17.0. The van der Waals surface area contributed by atoms with Crippen LogP contribution < -0.4 is 0 Å². The molecule has 2 heteroatoms. The van der Waals surface area contributed by atoms with Crippen LogP contribution in [0.5, 0.6) is 0 Å². The van der Waals surface area contributed by atoms with Gasteiger partial charge in [0.05, 0.1) is 0 Å². The van der Waals surface area contributed by atoms with Crippen LogP contribution in [0.15, 0.2) is 186 Å². The molecule has 2 atom stereocenters. The minimum Gasteiger partial charge on any atom is -0.456 e. The maximum absolute atomic E-state index is 6.51. The third-order valence-corrected chi connectivity index (χ3v) is 15.6. The van der Waals surface area contributed by atoms with Crippen LogP contribution in [0.25, 0.3) is 113 Å². The van der Waals surface area contributed by atoms with Crippen LogP contribution in [0.2, 0.25) is 0 Å². The highest BCUT2D eigenvalue weighted by molar-refractivity contribution is 7.26. The minimum absolute atomic E-state index is 0.0612. The summed E-state index contributed by atoms with van der Waals surface area (Å²) in [7, 11) is 0. The fraction of sp³-hybridized carbons (Fsp3) is 0.0847. The van der Waals surface area contributed by atoms with Gasteiger partial charge in [-0.05, 0) is 147 Å². The number of rotatable bonds is 2. The highest BCUT2D eigenvalue weighted by atomic mass is 32.1. The summed E-state index contributed by atoms with van der Waals surface area (Å²) in [6, 6.07) is 61.3. The maximum atomic E-state index is 6.51. The van der Waals surface area contributed by atoms with Crippen molar-refractivity contribution in [3.8, 4) is 11.1 Å². The van der Waals surface area contributed by atoms with Crippen molar-refractivity contribution in [1.29, 1.82) is 0 Å². The van der Waals surface area contributed by atoms with Gasteiger partial charge in [-0.15, -0.1) is 11.3 Å². The number of hydrogen-bond donors (Lipinski definition) is 0. The molecule has 0 bridgehead atoms. The number of allylic oxidation sites excluding steroid dienone is 4. The topological polar surface area (TPSA) is 13.1 Å². The first kappa shape index (κ1) is 33.8. The van der Waals surface area contributed by atoms with E-state index in [0.29, 0.717) is 11.8 Å². The average molecular weight is 795 g/mol. The van der Waals surface area contributed by atoms with Gasteiger partial charge in [-0.25, -0.2) is 0 Å². The Morgan fingerprint density at radius 3 is 1.89 bits per heavy atom. The molecule has 0 fully saturated rings. The van der Waals surface area contributed by atoms with Gasteiger partial charge in [0.2, 0.25) is 0 Å². The molecule has 0 saturated heterocycles. The second-order valence-electron chi connectivity index (χ2n) is 18.0. The molecule has 0 amide bonds. The van der Waals surface area contributed by atoms with E-state index in [2.05, 4.69) is 196 Å². The Morgan fingerprint density at radius 2 is 1.08 bits per heavy atom. The number of hydrogen-bond acceptors (Lipinski definition) is 2. The second kappa shape index (κ2) is 12.1. The Labute approximate surface area is 356 Å². The molecule has 2 aliphatic carbocycles. The lowest BCUT2D eigenvalue weighted by molar-refractivity contribution is 0.395. The van der Waals surface area contributed by atoms with Gasteiger partial charge in [0.25, 0.3) is 0 Å². The van der Waals surface area contributed by atoms with Crippen molar-refractivity contribution in [3.05, 3.63) is 199 Å². The predicted molar refractivity (Wildman–Crippen MR) is 262 cm³/mol. The molecule has 10 aromatic carbocycles. The van der Waals surface area contributed by atoms with E-state index < -0.39 is 0 Å². The summed E-state index contributed by atoms with van der Waals surface area (Å²) >= 11 is 1.90. The fourth-order valence-electron chi connectivity index (χ4n) is 11.5. The summed E-state index contributed by atoms with van der Waals surface area (Å²) in [5, 5.41) is 18.1. The molecule has 61 heavy (non-hydrogen) atoms. The zero-order valence-corrected chi connectivity index (χ0v) is 34.6. The van der Waals surface area contributed by atoms with Crippen molar-refractivity contribution in [2.24, 2.45) is 5.92 Å². The molecular weight excluding hydrogens is 757 g/mol. The summed E-state index contributed by atoms with van der Waals surface area (Å²) in [5.41, 5.74) is 9.76. The van der Waals surface area contributed by atoms with Gasteiger partial charge in [0.1, 0.15) is 11.2 Å². The lowest BCUT2D eigenvalue weighted by atomic mass is 9.73. The molecule has 286 valence electrons. The third-order valence-electron chi connectivity index (χ3n) is 14.5. The normalized spacial score (nSPS) is 17.2. The molecule has 2 heterocycles. The molecule has 0 spiro atoms. The van der Waals surface area contributed by atoms with Crippen molar-refractivity contribution in [2.75, 3.05) is 0 Å². The average Bonchev–Trinajstić information content (AvgIpc) is 3.94.